The molecule has 19 heavy (non-hydrogen) atoms. The highest BCUT2D eigenvalue weighted by molar-refractivity contribution is 5.90. The van der Waals surface area contributed by atoms with Crippen LogP contribution in [0, 0.1) is 0 Å². The molecule has 1 saturated heterocycles. The van der Waals surface area contributed by atoms with E-state index in [0.717, 1.165) is 19.4 Å². The maximum Gasteiger partial charge on any atom is 0.293 e. The average Bonchev–Trinajstić information content (AvgIpc) is 3.14. The van der Waals surface area contributed by atoms with Crippen LogP contribution in [0.3, 0.4) is 0 Å². The zero-order chi connectivity index (χ0) is 13.1. The Morgan fingerprint density at radius 3 is 3.26 bits per heavy atom. The Labute approximate surface area is 108 Å². The van der Waals surface area contributed by atoms with Crippen molar-refractivity contribution in [2.45, 2.75) is 25.4 Å². The summed E-state index contributed by atoms with van der Waals surface area (Å²) < 4.78 is 5.09. The predicted octanol–water partition coefficient (Wildman–Crippen LogP) is -0.458. The molecular weight excluding hydrogens is 250 g/mol. The van der Waals surface area contributed by atoms with Crippen LogP contribution in [0.5, 0.6) is 0 Å². The first-order valence-corrected chi connectivity index (χ1v) is 6.02. The van der Waals surface area contributed by atoms with Crippen molar-refractivity contribution in [2.75, 3.05) is 6.54 Å². The van der Waals surface area contributed by atoms with E-state index in [4.69, 9.17) is 4.52 Å². The Bertz CT molecular complexity index is 544. The van der Waals surface area contributed by atoms with Gasteiger partial charge in [-0.25, -0.2) is 4.98 Å². The van der Waals surface area contributed by atoms with Crippen LogP contribution in [0.1, 0.15) is 41.2 Å². The van der Waals surface area contributed by atoms with Crippen LogP contribution in [0.4, 0.5) is 0 Å². The number of hydrogen-bond acceptors (Lipinski definition) is 7. The molecule has 9 heteroatoms. The molecule has 1 aliphatic heterocycles. The molecule has 0 spiro atoms. The standard InChI is InChI=1S/C10H13N7O2/c18-9(12-4-7-13-5-14-16-7)8-15-10(19-17-8)6-2-1-3-11-6/h5-6,11H,1-4H2,(H,12,18)(H,13,14,16). The first kappa shape index (κ1) is 11.8. The van der Waals surface area contributed by atoms with Crippen LogP contribution < -0.4 is 10.6 Å². The van der Waals surface area contributed by atoms with Gasteiger partial charge in [0.05, 0.1) is 12.6 Å². The summed E-state index contributed by atoms with van der Waals surface area (Å²) in [4.78, 5) is 19.8. The van der Waals surface area contributed by atoms with Gasteiger partial charge in [0, 0.05) is 0 Å². The van der Waals surface area contributed by atoms with Gasteiger partial charge >= 0.3 is 0 Å². The van der Waals surface area contributed by atoms with E-state index in [2.05, 4.69) is 36.0 Å². The molecule has 2 aromatic heterocycles. The van der Waals surface area contributed by atoms with E-state index in [-0.39, 0.29) is 18.4 Å². The first-order chi connectivity index (χ1) is 9.33. The molecule has 3 N–H and O–H groups in total. The van der Waals surface area contributed by atoms with Crippen molar-refractivity contribution >= 4 is 5.91 Å². The van der Waals surface area contributed by atoms with Gasteiger partial charge in [0.1, 0.15) is 12.2 Å². The number of hydrogen-bond donors (Lipinski definition) is 3. The second kappa shape index (κ2) is 5.14. The number of H-pyrrole nitrogens is 1. The molecule has 3 rings (SSSR count). The van der Waals surface area contributed by atoms with Crippen molar-refractivity contribution in [2.24, 2.45) is 0 Å². The van der Waals surface area contributed by atoms with Crippen LogP contribution >= 0.6 is 0 Å². The fourth-order valence-electron chi connectivity index (χ4n) is 1.92. The van der Waals surface area contributed by atoms with Crippen LogP contribution in [0.25, 0.3) is 0 Å². The fourth-order valence-corrected chi connectivity index (χ4v) is 1.92. The van der Waals surface area contributed by atoms with E-state index in [9.17, 15) is 4.79 Å². The van der Waals surface area contributed by atoms with Gasteiger partial charge < -0.3 is 15.2 Å². The minimum Gasteiger partial charge on any atom is -0.342 e. The number of aromatic nitrogens is 5. The lowest BCUT2D eigenvalue weighted by molar-refractivity contribution is 0.0936. The van der Waals surface area contributed by atoms with E-state index >= 15 is 0 Å². The van der Waals surface area contributed by atoms with Gasteiger partial charge in [-0.15, -0.1) is 0 Å². The van der Waals surface area contributed by atoms with Crippen LogP contribution in [0.2, 0.25) is 0 Å². The summed E-state index contributed by atoms with van der Waals surface area (Å²) >= 11 is 0. The number of carbonyl (C=O) groups excluding carboxylic acids is 1. The van der Waals surface area contributed by atoms with E-state index in [1.807, 2.05) is 0 Å². The molecule has 2 aromatic rings. The van der Waals surface area contributed by atoms with Crippen molar-refractivity contribution < 1.29 is 9.32 Å². The summed E-state index contributed by atoms with van der Waals surface area (Å²) in [7, 11) is 0. The highest BCUT2D eigenvalue weighted by Crippen LogP contribution is 2.20. The largest absolute Gasteiger partial charge is 0.342 e. The third-order valence-electron chi connectivity index (χ3n) is 2.88. The Hall–Kier alpha value is -2.29. The van der Waals surface area contributed by atoms with E-state index in [1.165, 1.54) is 6.33 Å². The molecular formula is C10H13N7O2. The molecule has 3 heterocycles. The second-order valence-electron chi connectivity index (χ2n) is 4.22. The molecule has 0 radical (unpaired) electrons. The average molecular weight is 263 g/mol. The summed E-state index contributed by atoms with van der Waals surface area (Å²) in [6, 6.07) is 0.0586. The number of amides is 1. The van der Waals surface area contributed by atoms with Gasteiger partial charge in [0.2, 0.25) is 5.89 Å². The quantitative estimate of drug-likeness (QED) is 0.682. The highest BCUT2D eigenvalue weighted by Gasteiger charge is 2.24. The Morgan fingerprint density at radius 2 is 2.53 bits per heavy atom. The second-order valence-corrected chi connectivity index (χ2v) is 4.22. The maximum absolute atomic E-state index is 11.8. The summed E-state index contributed by atoms with van der Waals surface area (Å²) in [5.74, 6) is 0.657. The molecule has 0 aromatic carbocycles. The minimum absolute atomic E-state index is 0.0308. The number of nitrogens with one attached hydrogen (secondary N) is 3. The number of carbonyl (C=O) groups is 1. The molecule has 1 aliphatic rings. The van der Waals surface area contributed by atoms with Crippen molar-refractivity contribution in [3.8, 4) is 0 Å². The molecule has 0 saturated carbocycles. The van der Waals surface area contributed by atoms with Crippen molar-refractivity contribution in [1.29, 1.82) is 0 Å². The van der Waals surface area contributed by atoms with Gasteiger partial charge in [-0.05, 0) is 19.4 Å². The number of aromatic amines is 1. The van der Waals surface area contributed by atoms with Crippen LogP contribution in [0.15, 0.2) is 10.9 Å². The SMILES string of the molecule is O=C(NCc1ncn[nH]1)c1noc(C2CCCN2)n1. The molecule has 100 valence electrons. The topological polar surface area (TPSA) is 122 Å². The monoisotopic (exact) mass is 263 g/mol. The van der Waals surface area contributed by atoms with Gasteiger partial charge in [-0.3, -0.25) is 9.89 Å². The smallest absolute Gasteiger partial charge is 0.293 e. The lowest BCUT2D eigenvalue weighted by Crippen LogP contribution is -2.24. The zero-order valence-electron chi connectivity index (χ0n) is 10.1. The van der Waals surface area contributed by atoms with Crippen molar-refractivity contribution in [1.82, 2.24) is 36.0 Å². The number of rotatable bonds is 4. The summed E-state index contributed by atoms with van der Waals surface area (Å²) in [6.07, 6.45) is 3.39. The van der Waals surface area contributed by atoms with Crippen molar-refractivity contribution in [3.05, 3.63) is 23.9 Å². The zero-order valence-corrected chi connectivity index (χ0v) is 10.1. The fraction of sp³-hybridized carbons (Fsp3) is 0.500. The maximum atomic E-state index is 11.8. The summed E-state index contributed by atoms with van der Waals surface area (Å²) in [5.41, 5.74) is 0. The number of nitrogens with zero attached hydrogens (tertiary/aromatic N) is 4. The summed E-state index contributed by atoms with van der Waals surface area (Å²) in [6.45, 7) is 1.17. The minimum atomic E-state index is -0.399. The van der Waals surface area contributed by atoms with Crippen LogP contribution in [-0.2, 0) is 6.54 Å². The normalized spacial score (nSPS) is 18.6. The van der Waals surface area contributed by atoms with E-state index in [0.29, 0.717) is 11.7 Å². The van der Waals surface area contributed by atoms with Gasteiger partial charge in [0.25, 0.3) is 11.7 Å². The molecule has 0 aliphatic carbocycles. The van der Waals surface area contributed by atoms with E-state index < -0.39 is 5.91 Å². The van der Waals surface area contributed by atoms with Crippen molar-refractivity contribution in [3.63, 3.8) is 0 Å². The van der Waals surface area contributed by atoms with Gasteiger partial charge in [-0.2, -0.15) is 10.1 Å². The highest BCUT2D eigenvalue weighted by atomic mass is 16.5. The lowest BCUT2D eigenvalue weighted by atomic mass is 10.2. The molecule has 1 fully saturated rings. The Balaban J connectivity index is 1.60. The first-order valence-electron chi connectivity index (χ1n) is 6.02. The predicted molar refractivity (Wildman–Crippen MR) is 61.8 cm³/mol. The van der Waals surface area contributed by atoms with Gasteiger partial charge in [0.15, 0.2) is 0 Å². The molecule has 9 nitrogen and oxygen atoms in total. The Kier molecular flexibility index (Phi) is 3.19. The molecule has 1 atom stereocenters. The van der Waals surface area contributed by atoms with Gasteiger partial charge in [-0.1, -0.05) is 5.16 Å². The third kappa shape index (κ3) is 2.60. The molecule has 0 bridgehead atoms. The van der Waals surface area contributed by atoms with Crippen LogP contribution in [-0.4, -0.2) is 37.8 Å². The Morgan fingerprint density at radius 1 is 1.58 bits per heavy atom. The lowest BCUT2D eigenvalue weighted by Gasteiger charge is -2.01. The molecule has 1 amide bonds. The van der Waals surface area contributed by atoms with E-state index in [1.54, 1.807) is 0 Å². The molecule has 1 unspecified atom stereocenters. The third-order valence-corrected chi connectivity index (χ3v) is 2.88. The summed E-state index contributed by atoms with van der Waals surface area (Å²) in [5, 5.41) is 15.9.